The van der Waals surface area contributed by atoms with Crippen LogP contribution in [0.15, 0.2) is 29.8 Å². The molecule has 0 N–H and O–H groups in total. The van der Waals surface area contributed by atoms with E-state index in [0.29, 0.717) is 31.9 Å². The van der Waals surface area contributed by atoms with Gasteiger partial charge in [0.1, 0.15) is 0 Å². The minimum absolute atomic E-state index is 0.0216. The van der Waals surface area contributed by atoms with Gasteiger partial charge in [-0.2, -0.15) is 0 Å². The Morgan fingerprint density at radius 3 is 2.45 bits per heavy atom. The van der Waals surface area contributed by atoms with Crippen LogP contribution in [0.3, 0.4) is 0 Å². The predicted octanol–water partition coefficient (Wildman–Crippen LogP) is 1.86. The Labute approximate surface area is 116 Å². The normalized spacial score (nSPS) is 16.1. The van der Waals surface area contributed by atoms with Crippen molar-refractivity contribution in [3.05, 3.63) is 45.5 Å². The number of amides is 1. The SMILES string of the molecule is C/C(=C\c1ccc([N+](=O)[O-])cc1)C(=O)N1CCOCC1. The molecule has 0 bridgehead atoms. The van der Waals surface area contributed by atoms with Crippen LogP contribution in [-0.2, 0) is 9.53 Å². The van der Waals surface area contributed by atoms with Crippen LogP contribution >= 0.6 is 0 Å². The Hall–Kier alpha value is -2.21. The molecule has 20 heavy (non-hydrogen) atoms. The number of ether oxygens (including phenoxy) is 1. The zero-order chi connectivity index (χ0) is 14.5. The zero-order valence-corrected chi connectivity index (χ0v) is 11.2. The first-order chi connectivity index (χ1) is 9.58. The fourth-order valence-corrected chi connectivity index (χ4v) is 2.02. The van der Waals surface area contributed by atoms with Gasteiger partial charge in [-0.25, -0.2) is 0 Å². The molecule has 0 radical (unpaired) electrons. The number of rotatable bonds is 3. The molecule has 1 aromatic rings. The molecular formula is C14H16N2O4. The highest BCUT2D eigenvalue weighted by Crippen LogP contribution is 2.15. The van der Waals surface area contributed by atoms with Gasteiger partial charge in [0, 0.05) is 30.8 Å². The van der Waals surface area contributed by atoms with Crippen molar-refractivity contribution < 1.29 is 14.5 Å². The molecule has 1 saturated heterocycles. The Balaban J connectivity index is 2.08. The van der Waals surface area contributed by atoms with Crippen LogP contribution in [0.4, 0.5) is 5.69 Å². The third kappa shape index (κ3) is 3.42. The second kappa shape index (κ2) is 6.29. The number of non-ortho nitro benzene ring substituents is 1. The average molecular weight is 276 g/mol. The molecule has 0 saturated carbocycles. The molecule has 6 heteroatoms. The molecule has 1 aromatic carbocycles. The van der Waals surface area contributed by atoms with Gasteiger partial charge in [-0.1, -0.05) is 0 Å². The highest BCUT2D eigenvalue weighted by molar-refractivity contribution is 5.97. The molecule has 0 atom stereocenters. The molecule has 1 fully saturated rings. The van der Waals surface area contributed by atoms with E-state index in [1.165, 1.54) is 12.1 Å². The van der Waals surface area contributed by atoms with Gasteiger partial charge in [0.15, 0.2) is 0 Å². The van der Waals surface area contributed by atoms with Crippen molar-refractivity contribution in [2.24, 2.45) is 0 Å². The molecule has 0 spiro atoms. The number of hydrogen-bond donors (Lipinski definition) is 0. The predicted molar refractivity (Wildman–Crippen MR) is 74.1 cm³/mol. The third-order valence-corrected chi connectivity index (χ3v) is 3.12. The standard InChI is InChI=1S/C14H16N2O4/c1-11(14(17)15-6-8-20-9-7-15)10-12-2-4-13(5-3-12)16(18)19/h2-5,10H,6-9H2,1H3/b11-10+. The fourth-order valence-electron chi connectivity index (χ4n) is 2.02. The largest absolute Gasteiger partial charge is 0.378 e. The van der Waals surface area contributed by atoms with Gasteiger partial charge in [0.2, 0.25) is 5.91 Å². The molecule has 2 rings (SSSR count). The van der Waals surface area contributed by atoms with Crippen LogP contribution in [0, 0.1) is 10.1 Å². The second-order valence-electron chi connectivity index (χ2n) is 4.58. The second-order valence-corrected chi connectivity index (χ2v) is 4.58. The number of morpholine rings is 1. The van der Waals surface area contributed by atoms with Crippen molar-refractivity contribution >= 4 is 17.7 Å². The van der Waals surface area contributed by atoms with Crippen molar-refractivity contribution in [3.8, 4) is 0 Å². The fraction of sp³-hybridized carbons (Fsp3) is 0.357. The smallest absolute Gasteiger partial charge is 0.269 e. The summed E-state index contributed by atoms with van der Waals surface area (Å²) in [6, 6.07) is 6.12. The molecule has 1 heterocycles. The zero-order valence-electron chi connectivity index (χ0n) is 11.2. The van der Waals surface area contributed by atoms with E-state index < -0.39 is 4.92 Å². The molecule has 6 nitrogen and oxygen atoms in total. The summed E-state index contributed by atoms with van der Waals surface area (Å²) in [4.78, 5) is 24.0. The van der Waals surface area contributed by atoms with Crippen LogP contribution < -0.4 is 0 Å². The van der Waals surface area contributed by atoms with E-state index in [2.05, 4.69) is 0 Å². The van der Waals surface area contributed by atoms with Crippen LogP contribution in [0.1, 0.15) is 12.5 Å². The number of hydrogen-bond acceptors (Lipinski definition) is 4. The number of carbonyl (C=O) groups is 1. The van der Waals surface area contributed by atoms with Crippen molar-refractivity contribution in [3.63, 3.8) is 0 Å². The van der Waals surface area contributed by atoms with Gasteiger partial charge >= 0.3 is 0 Å². The van der Waals surface area contributed by atoms with Crippen molar-refractivity contribution in [2.75, 3.05) is 26.3 Å². The van der Waals surface area contributed by atoms with E-state index in [0.717, 1.165) is 5.56 Å². The summed E-state index contributed by atoms with van der Waals surface area (Å²) in [5, 5.41) is 10.6. The number of nitro groups is 1. The van der Waals surface area contributed by atoms with Crippen molar-refractivity contribution in [2.45, 2.75) is 6.92 Å². The number of nitrogens with zero attached hydrogens (tertiary/aromatic N) is 2. The number of benzene rings is 1. The summed E-state index contributed by atoms with van der Waals surface area (Å²) < 4.78 is 5.21. The number of carbonyl (C=O) groups excluding carboxylic acids is 1. The van der Waals surface area contributed by atoms with E-state index in [-0.39, 0.29) is 11.6 Å². The van der Waals surface area contributed by atoms with E-state index in [1.807, 2.05) is 0 Å². The van der Waals surface area contributed by atoms with E-state index in [1.54, 1.807) is 30.0 Å². The maximum absolute atomic E-state index is 12.2. The summed E-state index contributed by atoms with van der Waals surface area (Å²) in [7, 11) is 0. The molecule has 0 unspecified atom stereocenters. The third-order valence-electron chi connectivity index (χ3n) is 3.12. The van der Waals surface area contributed by atoms with Crippen molar-refractivity contribution in [1.82, 2.24) is 4.90 Å². The highest BCUT2D eigenvalue weighted by atomic mass is 16.6. The summed E-state index contributed by atoms with van der Waals surface area (Å²) in [5.74, 6) is -0.0216. The minimum Gasteiger partial charge on any atom is -0.378 e. The molecule has 1 aliphatic rings. The monoisotopic (exact) mass is 276 g/mol. The highest BCUT2D eigenvalue weighted by Gasteiger charge is 2.17. The molecule has 0 aliphatic carbocycles. The minimum atomic E-state index is -0.445. The maximum Gasteiger partial charge on any atom is 0.269 e. The first-order valence-corrected chi connectivity index (χ1v) is 6.38. The molecule has 1 aliphatic heterocycles. The van der Waals surface area contributed by atoms with Crippen LogP contribution in [0.5, 0.6) is 0 Å². The summed E-state index contributed by atoms with van der Waals surface area (Å²) >= 11 is 0. The Morgan fingerprint density at radius 1 is 1.30 bits per heavy atom. The van der Waals surface area contributed by atoms with Gasteiger partial charge in [0.05, 0.1) is 18.1 Å². The molecular weight excluding hydrogens is 260 g/mol. The Kier molecular flexibility index (Phi) is 4.47. The summed E-state index contributed by atoms with van der Waals surface area (Å²) in [6.45, 7) is 4.08. The Morgan fingerprint density at radius 2 is 1.90 bits per heavy atom. The van der Waals surface area contributed by atoms with Gasteiger partial charge in [0.25, 0.3) is 5.69 Å². The van der Waals surface area contributed by atoms with Crippen LogP contribution in [-0.4, -0.2) is 42.0 Å². The topological polar surface area (TPSA) is 72.7 Å². The average Bonchev–Trinajstić information content (AvgIpc) is 2.48. The lowest BCUT2D eigenvalue weighted by atomic mass is 10.1. The summed E-state index contributed by atoms with van der Waals surface area (Å²) in [5.41, 5.74) is 1.43. The van der Waals surface area contributed by atoms with Gasteiger partial charge < -0.3 is 9.64 Å². The number of nitro benzene ring substituents is 1. The summed E-state index contributed by atoms with van der Waals surface area (Å²) in [6.07, 6.45) is 1.74. The lowest BCUT2D eigenvalue weighted by Gasteiger charge is -2.27. The first-order valence-electron chi connectivity index (χ1n) is 6.38. The maximum atomic E-state index is 12.2. The first kappa shape index (κ1) is 14.2. The Bertz CT molecular complexity index is 531. The van der Waals surface area contributed by atoms with Crippen molar-refractivity contribution in [1.29, 1.82) is 0 Å². The van der Waals surface area contributed by atoms with Gasteiger partial charge in [-0.3, -0.25) is 14.9 Å². The van der Waals surface area contributed by atoms with Gasteiger partial charge in [-0.15, -0.1) is 0 Å². The molecule has 0 aromatic heterocycles. The lowest BCUT2D eigenvalue weighted by molar-refractivity contribution is -0.384. The van der Waals surface area contributed by atoms with E-state index in [9.17, 15) is 14.9 Å². The van der Waals surface area contributed by atoms with E-state index >= 15 is 0 Å². The lowest BCUT2D eigenvalue weighted by Crippen LogP contribution is -2.41. The molecule has 106 valence electrons. The quantitative estimate of drug-likeness (QED) is 0.480. The molecule has 1 amide bonds. The van der Waals surface area contributed by atoms with Crippen LogP contribution in [0.25, 0.3) is 6.08 Å². The van der Waals surface area contributed by atoms with Crippen LogP contribution in [0.2, 0.25) is 0 Å². The van der Waals surface area contributed by atoms with Gasteiger partial charge in [-0.05, 0) is 30.7 Å². The van der Waals surface area contributed by atoms with E-state index in [4.69, 9.17) is 4.74 Å².